The number of anilines is 1. The van der Waals surface area contributed by atoms with E-state index in [0.717, 1.165) is 44.1 Å². The summed E-state index contributed by atoms with van der Waals surface area (Å²) in [6.07, 6.45) is 2.12. The van der Waals surface area contributed by atoms with Crippen molar-refractivity contribution in [2.75, 3.05) is 44.2 Å². The summed E-state index contributed by atoms with van der Waals surface area (Å²) in [5.74, 6) is -3.42. The van der Waals surface area contributed by atoms with Crippen LogP contribution < -0.4 is 4.90 Å². The van der Waals surface area contributed by atoms with Gasteiger partial charge in [0.1, 0.15) is 5.69 Å². The van der Waals surface area contributed by atoms with Gasteiger partial charge in [0.05, 0.1) is 28.0 Å². The number of piperidine rings is 1. The average Bonchev–Trinajstić information content (AvgIpc) is 2.93. The second kappa shape index (κ2) is 14.9. The number of halogens is 4. The molecular weight excluding hydrogens is 533 g/mol. The lowest BCUT2D eigenvalue weighted by molar-refractivity contribution is -0.385. The molecule has 9 nitrogen and oxygen atoms in total. The van der Waals surface area contributed by atoms with Gasteiger partial charge in [0.25, 0.3) is 11.4 Å². The lowest BCUT2D eigenvalue weighted by Gasteiger charge is -2.43. The maximum Gasteiger partial charge on any atom is 0.275 e. The summed E-state index contributed by atoms with van der Waals surface area (Å²) in [4.78, 5) is 25.1. The minimum atomic E-state index is -1.19. The van der Waals surface area contributed by atoms with Crippen LogP contribution in [-0.2, 0) is 0 Å². The largest absolute Gasteiger partial charge is 0.364 e. The van der Waals surface area contributed by atoms with Gasteiger partial charge in [-0.1, -0.05) is 13.8 Å². The third-order valence-electron chi connectivity index (χ3n) is 7.08. The van der Waals surface area contributed by atoms with Crippen LogP contribution in [0.1, 0.15) is 39.2 Å². The Morgan fingerprint density at radius 2 is 1.27 bits per heavy atom. The first-order valence-electron chi connectivity index (χ1n) is 13.1. The molecule has 0 amide bonds. The van der Waals surface area contributed by atoms with Gasteiger partial charge in [-0.15, -0.1) is 0 Å². The molecule has 0 aliphatic carbocycles. The summed E-state index contributed by atoms with van der Waals surface area (Å²) in [5, 5.41) is 20.9. The molecule has 14 heteroatoms. The molecule has 40 heavy (non-hydrogen) atoms. The fraction of sp³-hybridized carbons (Fsp3) is 0.538. The lowest BCUT2D eigenvalue weighted by Crippen LogP contribution is -2.53. The van der Waals surface area contributed by atoms with E-state index in [1.807, 2.05) is 18.7 Å². The number of piperazine rings is 1. The third-order valence-corrected chi connectivity index (χ3v) is 7.08. The number of benzene rings is 2. The van der Waals surface area contributed by atoms with Gasteiger partial charge in [0.2, 0.25) is 0 Å². The molecule has 2 fully saturated rings. The zero-order chi connectivity index (χ0) is 30.1. The Balaban J connectivity index is 0.000000336. The van der Waals surface area contributed by atoms with Gasteiger partial charge >= 0.3 is 0 Å². The molecule has 2 aromatic rings. The number of nitrogens with zero attached hydrogens (tertiary/aromatic N) is 5. The summed E-state index contributed by atoms with van der Waals surface area (Å²) in [6, 6.07) is 3.51. The zero-order valence-corrected chi connectivity index (χ0v) is 23.1. The van der Waals surface area contributed by atoms with Crippen molar-refractivity contribution >= 4 is 25.0 Å². The highest BCUT2D eigenvalue weighted by molar-refractivity contribution is 6.04. The van der Waals surface area contributed by atoms with Crippen LogP contribution in [0.4, 0.5) is 34.6 Å². The van der Waals surface area contributed by atoms with Crippen molar-refractivity contribution in [2.45, 2.75) is 46.6 Å². The van der Waals surface area contributed by atoms with Gasteiger partial charge in [-0.25, -0.2) is 17.6 Å². The van der Waals surface area contributed by atoms with Crippen LogP contribution >= 0.6 is 0 Å². The maximum absolute atomic E-state index is 14.2. The molecule has 1 unspecified atom stereocenters. The van der Waals surface area contributed by atoms with Crippen molar-refractivity contribution in [3.63, 3.8) is 0 Å². The van der Waals surface area contributed by atoms with Gasteiger partial charge < -0.3 is 9.71 Å². The first-order valence-corrected chi connectivity index (χ1v) is 13.1. The molecule has 2 saturated heterocycles. The van der Waals surface area contributed by atoms with Gasteiger partial charge in [0, 0.05) is 38.3 Å². The smallest absolute Gasteiger partial charge is 0.275 e. The van der Waals surface area contributed by atoms with E-state index in [-0.39, 0.29) is 11.3 Å². The summed E-state index contributed by atoms with van der Waals surface area (Å²) in [6.45, 7) is 11.7. The number of nitro benzene ring substituents is 2. The van der Waals surface area contributed by atoms with Crippen LogP contribution in [0.2, 0.25) is 0 Å². The average molecular weight is 567 g/mol. The van der Waals surface area contributed by atoms with Crippen LogP contribution in [0.3, 0.4) is 0 Å². The quantitative estimate of drug-likeness (QED) is 0.207. The Morgan fingerprint density at radius 1 is 0.825 bits per heavy atom. The third kappa shape index (κ3) is 8.37. The molecule has 2 heterocycles. The van der Waals surface area contributed by atoms with Crippen LogP contribution in [0.25, 0.3) is 0 Å². The number of rotatable bonds is 5. The number of hydrogen-bond acceptors (Lipinski definition) is 7. The van der Waals surface area contributed by atoms with Crippen molar-refractivity contribution in [2.24, 2.45) is 5.92 Å². The van der Waals surface area contributed by atoms with E-state index in [2.05, 4.69) is 11.8 Å². The van der Waals surface area contributed by atoms with E-state index in [1.54, 1.807) is 4.90 Å². The Labute approximate surface area is 232 Å². The predicted molar refractivity (Wildman–Crippen MR) is 145 cm³/mol. The highest BCUT2D eigenvalue weighted by Gasteiger charge is 2.30. The van der Waals surface area contributed by atoms with E-state index in [1.165, 1.54) is 6.92 Å². The molecule has 0 spiro atoms. The van der Waals surface area contributed by atoms with Crippen molar-refractivity contribution in [3.05, 3.63) is 73.3 Å². The Hall–Kier alpha value is -3.26. The summed E-state index contributed by atoms with van der Waals surface area (Å²) >= 11 is 0. The van der Waals surface area contributed by atoms with Gasteiger partial charge in [-0.3, -0.25) is 25.1 Å². The van der Waals surface area contributed by atoms with Gasteiger partial charge in [0.15, 0.2) is 31.3 Å². The lowest BCUT2D eigenvalue weighted by atomic mass is 9.88. The first-order chi connectivity index (χ1) is 18.9. The number of hydrogen-bond donors (Lipinski definition) is 0. The fourth-order valence-electron chi connectivity index (χ4n) is 4.83. The Bertz CT molecular complexity index is 1130. The SMILES string of the molecule is CC.Cc1cc([N+](=O)[O-])cc(F)c1F.[B]N1CCC(C(C)N2CCN(c3c(F)cc([N+](=O)[O-])cc3F)CC2)CC1. The number of nitro groups is 2. The Morgan fingerprint density at radius 3 is 1.73 bits per heavy atom. The molecular formula is C26H34BF4N5O4. The molecule has 4 rings (SSSR count). The Kier molecular flexibility index (Phi) is 12.3. The van der Waals surface area contributed by atoms with Crippen molar-refractivity contribution in [3.8, 4) is 0 Å². The van der Waals surface area contributed by atoms with E-state index in [4.69, 9.17) is 7.98 Å². The highest BCUT2D eigenvalue weighted by atomic mass is 19.2. The molecule has 2 aliphatic heterocycles. The molecule has 0 N–H and O–H groups in total. The van der Waals surface area contributed by atoms with Crippen molar-refractivity contribution in [1.29, 1.82) is 0 Å². The monoisotopic (exact) mass is 567 g/mol. The van der Waals surface area contributed by atoms with E-state index in [0.29, 0.717) is 44.2 Å². The highest BCUT2D eigenvalue weighted by Crippen LogP contribution is 2.30. The van der Waals surface area contributed by atoms with Crippen LogP contribution in [0.15, 0.2) is 24.3 Å². The normalized spacial score (nSPS) is 17.2. The second-order valence-corrected chi connectivity index (χ2v) is 9.47. The predicted octanol–water partition coefficient (Wildman–Crippen LogP) is 5.39. The van der Waals surface area contributed by atoms with Crippen LogP contribution in [-0.4, -0.2) is 72.8 Å². The second-order valence-electron chi connectivity index (χ2n) is 9.47. The summed E-state index contributed by atoms with van der Waals surface area (Å²) in [7, 11) is 5.82. The standard InChI is InChI=1S/C17H23BF2N4O2.C7H5F2NO2.C2H6/c1-12(13-2-4-23(18)5-3-13)21-6-8-22(9-7-21)17-15(19)10-14(24(25)26)11-16(17)20;1-4-2-5(10(11)12)3-6(8)7(4)9;1-2/h10-13H,2-9H2,1H3;2-3H,1H3;1-2H3. The maximum atomic E-state index is 14.2. The molecule has 0 aromatic heterocycles. The molecule has 2 aliphatic rings. The molecule has 1 atom stereocenters. The van der Waals surface area contributed by atoms with E-state index in [9.17, 15) is 37.8 Å². The molecule has 0 bridgehead atoms. The molecule has 2 radical (unpaired) electrons. The first kappa shape index (κ1) is 33.0. The number of non-ortho nitro benzene ring substituents is 2. The van der Waals surface area contributed by atoms with Gasteiger partial charge in [-0.2, -0.15) is 0 Å². The molecule has 2 aromatic carbocycles. The summed E-state index contributed by atoms with van der Waals surface area (Å²) in [5.41, 5.74) is -1.24. The van der Waals surface area contributed by atoms with Crippen LogP contribution in [0.5, 0.6) is 0 Å². The van der Waals surface area contributed by atoms with Crippen LogP contribution in [0, 0.1) is 56.3 Å². The minimum absolute atomic E-state index is 0.0679. The van der Waals surface area contributed by atoms with Crippen molar-refractivity contribution < 1.29 is 27.4 Å². The number of aryl methyl sites for hydroxylation is 1. The zero-order valence-electron chi connectivity index (χ0n) is 23.1. The van der Waals surface area contributed by atoms with Crippen molar-refractivity contribution in [1.82, 2.24) is 9.71 Å². The topological polar surface area (TPSA) is 96.0 Å². The van der Waals surface area contributed by atoms with Gasteiger partial charge in [-0.05, 0) is 51.3 Å². The van der Waals surface area contributed by atoms with E-state index < -0.39 is 44.5 Å². The fourth-order valence-corrected chi connectivity index (χ4v) is 4.83. The van der Waals surface area contributed by atoms with E-state index >= 15 is 0 Å². The minimum Gasteiger partial charge on any atom is -0.364 e. The molecule has 218 valence electrons. The summed E-state index contributed by atoms with van der Waals surface area (Å²) < 4.78 is 53.5. The molecule has 0 saturated carbocycles.